The van der Waals surface area contributed by atoms with Gasteiger partial charge in [0.1, 0.15) is 12.4 Å². The SMILES string of the molecule is O=C(NC1=CC(=O)OC1)Nc1ccccn1. The number of pyridine rings is 1. The molecule has 1 aliphatic rings. The van der Waals surface area contributed by atoms with Crippen molar-refractivity contribution in [3.8, 4) is 0 Å². The zero-order valence-electron chi connectivity index (χ0n) is 8.27. The fourth-order valence-electron chi connectivity index (χ4n) is 1.18. The van der Waals surface area contributed by atoms with Gasteiger partial charge in [-0.1, -0.05) is 6.07 Å². The van der Waals surface area contributed by atoms with Crippen LogP contribution in [-0.4, -0.2) is 23.6 Å². The van der Waals surface area contributed by atoms with Crippen molar-refractivity contribution in [3.05, 3.63) is 36.2 Å². The zero-order chi connectivity index (χ0) is 11.4. The maximum absolute atomic E-state index is 11.4. The predicted molar refractivity (Wildman–Crippen MR) is 55.4 cm³/mol. The van der Waals surface area contributed by atoms with Gasteiger partial charge in [-0.25, -0.2) is 14.6 Å². The monoisotopic (exact) mass is 219 g/mol. The molecule has 0 unspecified atom stereocenters. The maximum Gasteiger partial charge on any atom is 0.333 e. The summed E-state index contributed by atoms with van der Waals surface area (Å²) >= 11 is 0. The summed E-state index contributed by atoms with van der Waals surface area (Å²) in [4.78, 5) is 26.0. The standard InChI is InChI=1S/C10H9N3O3/c14-9-5-7(6-16-9)12-10(15)13-8-3-1-2-4-11-8/h1-5H,6H2,(H2,11,12,13,15). The Balaban J connectivity index is 1.90. The Morgan fingerprint density at radius 2 is 2.25 bits per heavy atom. The van der Waals surface area contributed by atoms with Crippen molar-refractivity contribution in [2.75, 3.05) is 11.9 Å². The number of anilines is 1. The average Bonchev–Trinajstić information content (AvgIpc) is 2.65. The second-order valence-electron chi connectivity index (χ2n) is 3.07. The normalized spacial score (nSPS) is 14.0. The highest BCUT2D eigenvalue weighted by Gasteiger charge is 2.14. The van der Waals surface area contributed by atoms with Crippen molar-refractivity contribution in [2.45, 2.75) is 0 Å². The molecule has 6 nitrogen and oxygen atoms in total. The van der Waals surface area contributed by atoms with Gasteiger partial charge in [0.05, 0.1) is 5.70 Å². The van der Waals surface area contributed by atoms with Gasteiger partial charge < -0.3 is 10.1 Å². The summed E-state index contributed by atoms with van der Waals surface area (Å²) in [6.45, 7) is 0.0917. The number of carbonyl (C=O) groups is 2. The number of rotatable bonds is 2. The van der Waals surface area contributed by atoms with Crippen molar-refractivity contribution in [3.63, 3.8) is 0 Å². The molecule has 6 heteroatoms. The molecule has 1 aromatic heterocycles. The van der Waals surface area contributed by atoms with E-state index in [9.17, 15) is 9.59 Å². The predicted octanol–water partition coefficient (Wildman–Crippen LogP) is 0.644. The van der Waals surface area contributed by atoms with E-state index < -0.39 is 12.0 Å². The zero-order valence-corrected chi connectivity index (χ0v) is 8.27. The van der Waals surface area contributed by atoms with Crippen LogP contribution in [0.5, 0.6) is 0 Å². The van der Waals surface area contributed by atoms with Crippen LogP contribution >= 0.6 is 0 Å². The molecule has 0 aliphatic carbocycles. The first-order chi connectivity index (χ1) is 7.74. The van der Waals surface area contributed by atoms with Crippen LogP contribution in [0.25, 0.3) is 0 Å². The van der Waals surface area contributed by atoms with Crippen LogP contribution in [-0.2, 0) is 9.53 Å². The van der Waals surface area contributed by atoms with E-state index in [-0.39, 0.29) is 6.61 Å². The van der Waals surface area contributed by atoms with Crippen molar-refractivity contribution in [1.82, 2.24) is 10.3 Å². The quantitative estimate of drug-likeness (QED) is 0.715. The number of carbonyl (C=O) groups excluding carboxylic acids is 2. The van der Waals surface area contributed by atoms with Crippen LogP contribution in [0.4, 0.5) is 10.6 Å². The van der Waals surface area contributed by atoms with Crippen molar-refractivity contribution in [1.29, 1.82) is 0 Å². The lowest BCUT2D eigenvalue weighted by Gasteiger charge is -2.05. The number of hydrogen-bond donors (Lipinski definition) is 2. The van der Waals surface area contributed by atoms with Crippen LogP contribution in [0.3, 0.4) is 0 Å². The van der Waals surface area contributed by atoms with Crippen molar-refractivity contribution < 1.29 is 14.3 Å². The van der Waals surface area contributed by atoms with Crippen LogP contribution in [0.15, 0.2) is 36.2 Å². The van der Waals surface area contributed by atoms with E-state index >= 15 is 0 Å². The van der Waals surface area contributed by atoms with Gasteiger partial charge in [-0.2, -0.15) is 0 Å². The highest BCUT2D eigenvalue weighted by atomic mass is 16.5. The summed E-state index contributed by atoms with van der Waals surface area (Å²) in [7, 11) is 0. The number of nitrogens with one attached hydrogen (secondary N) is 2. The van der Waals surface area contributed by atoms with Crippen molar-refractivity contribution in [2.24, 2.45) is 0 Å². The van der Waals surface area contributed by atoms with Gasteiger partial charge in [0.15, 0.2) is 0 Å². The van der Waals surface area contributed by atoms with E-state index in [1.54, 1.807) is 24.4 Å². The molecule has 2 rings (SSSR count). The fourth-order valence-corrected chi connectivity index (χ4v) is 1.18. The van der Waals surface area contributed by atoms with Crippen molar-refractivity contribution >= 4 is 17.8 Å². The number of ether oxygens (including phenoxy) is 1. The molecule has 1 aliphatic heterocycles. The molecular formula is C10H9N3O3. The molecule has 0 saturated carbocycles. The number of aromatic nitrogens is 1. The number of urea groups is 1. The van der Waals surface area contributed by atoms with Crippen LogP contribution in [0.1, 0.15) is 0 Å². The van der Waals surface area contributed by atoms with Gasteiger partial charge in [-0.3, -0.25) is 5.32 Å². The van der Waals surface area contributed by atoms with Gasteiger partial charge in [0, 0.05) is 12.3 Å². The molecule has 0 atom stereocenters. The van der Waals surface area contributed by atoms with E-state index in [1.807, 2.05) is 0 Å². The minimum atomic E-state index is -0.455. The number of hydrogen-bond acceptors (Lipinski definition) is 4. The molecule has 2 heterocycles. The lowest BCUT2D eigenvalue weighted by Crippen LogP contribution is -2.29. The van der Waals surface area contributed by atoms with E-state index in [2.05, 4.69) is 20.4 Å². The fraction of sp³-hybridized carbons (Fsp3) is 0.100. The first-order valence-electron chi connectivity index (χ1n) is 4.60. The molecule has 2 amide bonds. The number of nitrogens with zero attached hydrogens (tertiary/aromatic N) is 1. The number of amides is 2. The van der Waals surface area contributed by atoms with E-state index in [0.29, 0.717) is 11.5 Å². The molecule has 2 N–H and O–H groups in total. The number of esters is 1. The maximum atomic E-state index is 11.4. The minimum absolute atomic E-state index is 0.0917. The Kier molecular flexibility index (Phi) is 2.81. The molecule has 16 heavy (non-hydrogen) atoms. The molecule has 0 fully saturated rings. The molecule has 0 bridgehead atoms. The van der Waals surface area contributed by atoms with Crippen LogP contribution in [0.2, 0.25) is 0 Å². The summed E-state index contributed by atoms with van der Waals surface area (Å²) in [5, 5.41) is 5.00. The Morgan fingerprint density at radius 3 is 2.88 bits per heavy atom. The van der Waals surface area contributed by atoms with Gasteiger partial charge >= 0.3 is 12.0 Å². The third-order valence-corrected chi connectivity index (χ3v) is 1.84. The lowest BCUT2D eigenvalue weighted by molar-refractivity contribution is -0.134. The van der Waals surface area contributed by atoms with Gasteiger partial charge in [0.25, 0.3) is 0 Å². The summed E-state index contributed by atoms with van der Waals surface area (Å²) < 4.78 is 4.63. The van der Waals surface area contributed by atoms with Crippen LogP contribution < -0.4 is 10.6 Å². The Hall–Kier alpha value is -2.37. The minimum Gasteiger partial charge on any atom is -0.456 e. The topological polar surface area (TPSA) is 80.3 Å². The van der Waals surface area contributed by atoms with E-state index in [1.165, 1.54) is 6.08 Å². The third-order valence-electron chi connectivity index (χ3n) is 1.84. The largest absolute Gasteiger partial charge is 0.456 e. The molecular weight excluding hydrogens is 210 g/mol. The Bertz CT molecular complexity index is 442. The summed E-state index contributed by atoms with van der Waals surface area (Å²) in [6.07, 6.45) is 2.80. The highest BCUT2D eigenvalue weighted by molar-refractivity contribution is 5.92. The molecule has 0 radical (unpaired) electrons. The molecule has 0 aromatic carbocycles. The molecule has 0 spiro atoms. The smallest absolute Gasteiger partial charge is 0.333 e. The van der Waals surface area contributed by atoms with Gasteiger partial charge in [-0.05, 0) is 12.1 Å². The van der Waals surface area contributed by atoms with Crippen LogP contribution in [0, 0.1) is 0 Å². The molecule has 0 saturated heterocycles. The second kappa shape index (κ2) is 4.43. The first kappa shape index (κ1) is 10.2. The lowest BCUT2D eigenvalue weighted by atomic mass is 10.4. The molecule has 82 valence electrons. The Morgan fingerprint density at radius 1 is 1.38 bits per heavy atom. The highest BCUT2D eigenvalue weighted by Crippen LogP contribution is 2.03. The Labute approximate surface area is 91.3 Å². The molecule has 1 aromatic rings. The average molecular weight is 219 g/mol. The van der Waals surface area contributed by atoms with E-state index in [4.69, 9.17) is 0 Å². The third kappa shape index (κ3) is 2.57. The van der Waals surface area contributed by atoms with E-state index in [0.717, 1.165) is 0 Å². The first-order valence-corrected chi connectivity index (χ1v) is 4.60. The van der Waals surface area contributed by atoms with Gasteiger partial charge in [0.2, 0.25) is 0 Å². The summed E-state index contributed by atoms with van der Waals surface area (Å²) in [6, 6.07) is 4.70. The summed E-state index contributed by atoms with van der Waals surface area (Å²) in [5.74, 6) is -0.0148. The summed E-state index contributed by atoms with van der Waals surface area (Å²) in [5.41, 5.74) is 0.429. The van der Waals surface area contributed by atoms with Gasteiger partial charge in [-0.15, -0.1) is 0 Å². The second-order valence-corrected chi connectivity index (χ2v) is 3.07. The number of cyclic esters (lactones) is 1.